The Bertz CT molecular complexity index is 1200. The molecule has 0 spiro atoms. The van der Waals surface area contributed by atoms with E-state index in [4.69, 9.17) is 12.2 Å². The molecule has 0 aromatic heterocycles. The molecule has 1 heterocycles. The van der Waals surface area contributed by atoms with Crippen LogP contribution < -0.4 is 4.90 Å². The predicted molar refractivity (Wildman–Crippen MR) is 129 cm³/mol. The Labute approximate surface area is 184 Å². The van der Waals surface area contributed by atoms with Crippen LogP contribution in [0.15, 0.2) is 70.7 Å². The number of benzene rings is 3. The molecule has 1 fully saturated rings. The van der Waals surface area contributed by atoms with Crippen molar-refractivity contribution in [3.05, 3.63) is 76.7 Å². The Morgan fingerprint density at radius 2 is 1.80 bits per heavy atom. The van der Waals surface area contributed by atoms with Crippen LogP contribution in [0.1, 0.15) is 11.1 Å². The highest BCUT2D eigenvalue weighted by molar-refractivity contribution is 8.26. The van der Waals surface area contributed by atoms with Gasteiger partial charge in [-0.1, -0.05) is 54.2 Å². The fourth-order valence-corrected chi connectivity index (χ4v) is 4.29. The number of nitrogens with zero attached hydrogens (tertiary/aromatic N) is 3. The second-order valence-electron chi connectivity index (χ2n) is 6.94. The van der Waals surface area contributed by atoms with Gasteiger partial charge in [0.15, 0.2) is 4.32 Å². The zero-order chi connectivity index (χ0) is 21.3. The van der Waals surface area contributed by atoms with Gasteiger partial charge >= 0.3 is 0 Å². The molecule has 7 heteroatoms. The second-order valence-corrected chi connectivity index (χ2v) is 8.62. The molecule has 3 aromatic rings. The van der Waals surface area contributed by atoms with Crippen molar-refractivity contribution in [2.45, 2.75) is 0 Å². The number of hydrazone groups is 1. The summed E-state index contributed by atoms with van der Waals surface area (Å²) in [6, 6.07) is 19.0. The molecule has 5 nitrogen and oxygen atoms in total. The number of phenols is 1. The Hall–Kier alpha value is -3.16. The molecular formula is C23H19N3O2S2. The van der Waals surface area contributed by atoms with E-state index < -0.39 is 0 Å². The van der Waals surface area contributed by atoms with Gasteiger partial charge in [0.05, 0.1) is 11.1 Å². The van der Waals surface area contributed by atoms with E-state index in [1.807, 2.05) is 79.7 Å². The van der Waals surface area contributed by atoms with Crippen molar-refractivity contribution in [2.24, 2.45) is 5.10 Å². The van der Waals surface area contributed by atoms with E-state index in [1.54, 1.807) is 6.07 Å². The number of hydrogen-bond donors (Lipinski definition) is 1. The third-order valence-electron chi connectivity index (χ3n) is 4.73. The highest BCUT2D eigenvalue weighted by Crippen LogP contribution is 2.33. The molecule has 0 bridgehead atoms. The van der Waals surface area contributed by atoms with Crippen LogP contribution in [-0.4, -0.2) is 40.7 Å². The number of thiocarbonyl (C=S) groups is 1. The monoisotopic (exact) mass is 433 g/mol. The van der Waals surface area contributed by atoms with E-state index in [-0.39, 0.29) is 11.7 Å². The fraction of sp³-hybridized carbons (Fsp3) is 0.0870. The van der Waals surface area contributed by atoms with Gasteiger partial charge in [-0.25, -0.2) is 0 Å². The van der Waals surface area contributed by atoms with Gasteiger partial charge in [0, 0.05) is 25.3 Å². The molecule has 0 aliphatic carbocycles. The van der Waals surface area contributed by atoms with E-state index in [0.29, 0.717) is 14.8 Å². The smallest absolute Gasteiger partial charge is 0.286 e. The summed E-state index contributed by atoms with van der Waals surface area (Å²) < 4.78 is 0.354. The van der Waals surface area contributed by atoms with Crippen LogP contribution in [0.4, 0.5) is 5.69 Å². The normalized spacial score (nSPS) is 15.7. The highest BCUT2D eigenvalue weighted by Gasteiger charge is 2.32. The number of carbonyl (C=O) groups excluding carboxylic acids is 1. The van der Waals surface area contributed by atoms with Crippen LogP contribution in [0.5, 0.6) is 5.75 Å². The molecule has 30 heavy (non-hydrogen) atoms. The maximum absolute atomic E-state index is 12.8. The van der Waals surface area contributed by atoms with E-state index in [9.17, 15) is 9.90 Å². The lowest BCUT2D eigenvalue weighted by Crippen LogP contribution is -2.22. The number of rotatable bonds is 4. The van der Waals surface area contributed by atoms with Gasteiger partial charge in [-0.15, -0.1) is 0 Å². The van der Waals surface area contributed by atoms with Crippen molar-refractivity contribution in [2.75, 3.05) is 19.0 Å². The molecule has 0 atom stereocenters. The molecule has 4 rings (SSSR count). The van der Waals surface area contributed by atoms with Crippen molar-refractivity contribution in [3.8, 4) is 5.75 Å². The van der Waals surface area contributed by atoms with Crippen molar-refractivity contribution < 1.29 is 9.90 Å². The first-order chi connectivity index (χ1) is 14.4. The zero-order valence-corrected chi connectivity index (χ0v) is 18.1. The molecule has 0 saturated carbocycles. The van der Waals surface area contributed by atoms with Crippen LogP contribution in [0.25, 0.3) is 16.8 Å². The summed E-state index contributed by atoms with van der Waals surface area (Å²) in [6.07, 6.45) is 3.29. The third-order valence-corrected chi connectivity index (χ3v) is 6.01. The molecule has 0 radical (unpaired) electrons. The van der Waals surface area contributed by atoms with Crippen LogP contribution in [-0.2, 0) is 4.79 Å². The van der Waals surface area contributed by atoms with Crippen LogP contribution in [0, 0.1) is 0 Å². The Morgan fingerprint density at radius 1 is 1.07 bits per heavy atom. The summed E-state index contributed by atoms with van der Waals surface area (Å²) in [5.74, 6) is -0.183. The molecule has 0 unspecified atom stereocenters. The summed E-state index contributed by atoms with van der Waals surface area (Å²) in [7, 11) is 3.96. The van der Waals surface area contributed by atoms with Gasteiger partial charge in [-0.05, 0) is 52.8 Å². The minimum atomic E-state index is -0.280. The number of hydrogen-bond acceptors (Lipinski definition) is 6. The largest absolute Gasteiger partial charge is 0.507 e. The van der Waals surface area contributed by atoms with Gasteiger partial charge in [0.25, 0.3) is 5.91 Å². The molecule has 150 valence electrons. The number of fused-ring (bicyclic) bond motifs is 1. The predicted octanol–water partition coefficient (Wildman–Crippen LogP) is 4.85. The second kappa shape index (κ2) is 8.30. The third kappa shape index (κ3) is 3.94. The maximum atomic E-state index is 12.8. The molecule has 3 aromatic carbocycles. The standard InChI is InChI=1S/C23H19N3O2S2/c1-25(2)17-10-7-15(8-11-17)13-21-22(28)26(23(29)30-21)24-14-19-18-6-4-3-5-16(18)9-12-20(19)27/h3-14,27H,1-2H3. The van der Waals surface area contributed by atoms with E-state index >= 15 is 0 Å². The molecule has 1 aliphatic rings. The van der Waals surface area contributed by atoms with Gasteiger partial charge in [-0.3, -0.25) is 4.79 Å². The SMILES string of the molecule is CN(C)c1ccc(C=C2SC(=S)N(N=Cc3c(O)ccc4ccccc34)C2=O)cc1. The summed E-state index contributed by atoms with van der Waals surface area (Å²) in [5.41, 5.74) is 2.54. The molecule has 1 aliphatic heterocycles. The average molecular weight is 434 g/mol. The number of amides is 1. The van der Waals surface area contributed by atoms with Crippen molar-refractivity contribution in [1.29, 1.82) is 0 Å². The van der Waals surface area contributed by atoms with Crippen molar-refractivity contribution in [3.63, 3.8) is 0 Å². The van der Waals surface area contributed by atoms with Crippen molar-refractivity contribution >= 4 is 63.0 Å². The number of aromatic hydroxyl groups is 1. The average Bonchev–Trinajstić information content (AvgIpc) is 3.00. The van der Waals surface area contributed by atoms with Crippen LogP contribution >= 0.6 is 24.0 Å². The van der Waals surface area contributed by atoms with Crippen molar-refractivity contribution in [1.82, 2.24) is 5.01 Å². The van der Waals surface area contributed by atoms with Gasteiger partial charge in [-0.2, -0.15) is 10.1 Å². The summed E-state index contributed by atoms with van der Waals surface area (Å²) in [6.45, 7) is 0. The summed E-state index contributed by atoms with van der Waals surface area (Å²) >= 11 is 6.57. The Kier molecular flexibility index (Phi) is 5.57. The Balaban J connectivity index is 1.60. The van der Waals surface area contributed by atoms with E-state index in [1.165, 1.54) is 23.0 Å². The minimum absolute atomic E-state index is 0.0967. The van der Waals surface area contributed by atoms with Crippen LogP contribution in [0.2, 0.25) is 0 Å². The first-order valence-corrected chi connectivity index (χ1v) is 10.5. The minimum Gasteiger partial charge on any atom is -0.507 e. The molecule has 1 N–H and O–H groups in total. The van der Waals surface area contributed by atoms with E-state index in [0.717, 1.165) is 22.0 Å². The first-order valence-electron chi connectivity index (χ1n) is 9.24. The lowest BCUT2D eigenvalue weighted by atomic mass is 10.0. The lowest BCUT2D eigenvalue weighted by Gasteiger charge is -2.11. The van der Waals surface area contributed by atoms with Gasteiger partial charge in [0.2, 0.25) is 0 Å². The van der Waals surface area contributed by atoms with Gasteiger partial charge < -0.3 is 10.0 Å². The number of carbonyl (C=O) groups is 1. The number of phenolic OH excluding ortho intramolecular Hbond substituents is 1. The topological polar surface area (TPSA) is 56.1 Å². The Morgan fingerprint density at radius 3 is 2.53 bits per heavy atom. The quantitative estimate of drug-likeness (QED) is 0.362. The first kappa shape index (κ1) is 20.1. The lowest BCUT2D eigenvalue weighted by molar-refractivity contribution is -0.122. The number of thioether (sulfide) groups is 1. The zero-order valence-electron chi connectivity index (χ0n) is 16.4. The highest BCUT2D eigenvalue weighted by atomic mass is 32.2. The number of anilines is 1. The molecular weight excluding hydrogens is 414 g/mol. The maximum Gasteiger partial charge on any atom is 0.286 e. The summed E-state index contributed by atoms with van der Waals surface area (Å²) in [4.78, 5) is 15.4. The fourth-order valence-electron chi connectivity index (χ4n) is 3.11. The van der Waals surface area contributed by atoms with E-state index in [2.05, 4.69) is 5.10 Å². The van der Waals surface area contributed by atoms with Crippen LogP contribution in [0.3, 0.4) is 0 Å². The molecule has 1 amide bonds. The molecule has 1 saturated heterocycles. The summed E-state index contributed by atoms with van der Waals surface area (Å²) in [5, 5.41) is 17.6. The van der Waals surface area contributed by atoms with Gasteiger partial charge in [0.1, 0.15) is 5.75 Å².